The number of rotatable bonds is 7. The molecule has 0 radical (unpaired) electrons. The Morgan fingerprint density at radius 1 is 1.42 bits per heavy atom. The number of halogens is 5. The molecule has 33 heavy (non-hydrogen) atoms. The summed E-state index contributed by atoms with van der Waals surface area (Å²) in [5, 5.41) is 15.5. The van der Waals surface area contributed by atoms with Gasteiger partial charge < -0.3 is 15.2 Å². The molecule has 3 aromatic heterocycles. The maximum Gasteiger partial charge on any atom is 0.425 e. The van der Waals surface area contributed by atoms with E-state index < -0.39 is 53.6 Å². The Hall–Kier alpha value is -2.85. The van der Waals surface area contributed by atoms with Gasteiger partial charge in [0.2, 0.25) is 5.88 Å². The van der Waals surface area contributed by atoms with E-state index in [0.717, 1.165) is 16.1 Å². The average molecular weight is 555 g/mol. The number of carbonyl (C=O) groups excluding carboxylic acids is 1. The number of hydrogen-bond acceptors (Lipinski definition) is 8. The topological polar surface area (TPSA) is 124 Å². The van der Waals surface area contributed by atoms with Gasteiger partial charge in [0, 0.05) is 6.54 Å². The van der Waals surface area contributed by atoms with Gasteiger partial charge in [-0.25, -0.2) is 9.18 Å². The van der Waals surface area contributed by atoms with E-state index in [9.17, 15) is 32.3 Å². The summed E-state index contributed by atoms with van der Waals surface area (Å²) in [6.45, 7) is 1.67. The Labute approximate surface area is 195 Å². The van der Waals surface area contributed by atoms with Crippen LogP contribution in [0, 0.1) is 5.82 Å². The van der Waals surface area contributed by atoms with Gasteiger partial charge in [0.05, 0.1) is 11.9 Å². The molecule has 3 aromatic rings. The third-order valence-corrected chi connectivity index (χ3v) is 5.74. The minimum atomic E-state index is -4.82. The normalized spacial score (nSPS) is 12.6. The van der Waals surface area contributed by atoms with Crippen LogP contribution in [0.5, 0.6) is 5.88 Å². The summed E-state index contributed by atoms with van der Waals surface area (Å²) in [6.07, 6.45) is -5.96. The van der Waals surface area contributed by atoms with E-state index in [1.807, 2.05) is 0 Å². The number of anilines is 1. The lowest BCUT2D eigenvalue weighted by Gasteiger charge is -2.19. The van der Waals surface area contributed by atoms with Crippen molar-refractivity contribution in [2.45, 2.75) is 39.3 Å². The first kappa shape index (κ1) is 24.8. The number of aromatic nitrogens is 5. The summed E-state index contributed by atoms with van der Waals surface area (Å²) in [5.74, 6) is -4.06. The third kappa shape index (κ3) is 5.06. The SMILES string of the molecule is CCn1c(CO)nn(-c2nc(O[C@@H](C)C(F)(F)F)c(C(=O)Nc3cnsc3Br)cc2F)c1=O. The monoisotopic (exact) mass is 554 g/mol. The number of aliphatic hydroxyl groups excluding tert-OH is 1. The van der Waals surface area contributed by atoms with Gasteiger partial charge in [0.1, 0.15) is 16.0 Å². The number of hydrogen-bond donors (Lipinski definition) is 2. The first-order valence-electron chi connectivity index (χ1n) is 9.13. The second-order valence-electron chi connectivity index (χ2n) is 6.43. The fraction of sp³-hybridized carbons (Fsp3) is 0.353. The quantitative estimate of drug-likeness (QED) is 0.430. The maximum absolute atomic E-state index is 14.9. The van der Waals surface area contributed by atoms with Crippen molar-refractivity contribution in [1.29, 1.82) is 0 Å². The first-order chi connectivity index (χ1) is 15.5. The van der Waals surface area contributed by atoms with Crippen molar-refractivity contribution in [1.82, 2.24) is 23.7 Å². The first-order valence-corrected chi connectivity index (χ1v) is 10.7. The number of nitrogens with one attached hydrogen (secondary N) is 1. The van der Waals surface area contributed by atoms with E-state index in [1.54, 1.807) is 6.92 Å². The highest BCUT2D eigenvalue weighted by molar-refractivity contribution is 9.11. The Morgan fingerprint density at radius 2 is 2.12 bits per heavy atom. The fourth-order valence-corrected chi connectivity index (χ4v) is 3.51. The minimum Gasteiger partial charge on any atom is -0.464 e. The molecule has 0 unspecified atom stereocenters. The maximum atomic E-state index is 14.9. The molecule has 1 amide bonds. The lowest BCUT2D eigenvalue weighted by molar-refractivity contribution is -0.190. The fourth-order valence-electron chi connectivity index (χ4n) is 2.60. The van der Waals surface area contributed by atoms with Gasteiger partial charge in [-0.15, -0.1) is 5.10 Å². The lowest BCUT2D eigenvalue weighted by atomic mass is 10.2. The molecular formula is C17H15BrF4N6O4S. The zero-order valence-electron chi connectivity index (χ0n) is 16.9. The van der Waals surface area contributed by atoms with E-state index in [-0.39, 0.29) is 18.1 Å². The highest BCUT2D eigenvalue weighted by atomic mass is 79.9. The van der Waals surface area contributed by atoms with Crippen molar-refractivity contribution in [2.24, 2.45) is 0 Å². The number of pyridine rings is 1. The Kier molecular flexibility index (Phi) is 7.18. The molecule has 16 heteroatoms. The zero-order chi connectivity index (χ0) is 24.5. The van der Waals surface area contributed by atoms with Gasteiger partial charge >= 0.3 is 11.9 Å². The molecule has 0 fully saturated rings. The standard InChI is InChI=1S/C17H15BrF4N6O4S/c1-3-27-11(6-29)26-28(16(27)31)13-9(19)4-8(14(30)24-10-5-23-33-12(10)18)15(25-13)32-7(2)17(20,21)22/h4-5,7,29H,3,6H2,1-2H3,(H,24,30)/t7-/m0/s1. The van der Waals surface area contributed by atoms with E-state index in [2.05, 4.69) is 35.7 Å². The largest absolute Gasteiger partial charge is 0.464 e. The van der Waals surface area contributed by atoms with Crippen LogP contribution < -0.4 is 15.7 Å². The molecule has 2 N–H and O–H groups in total. The smallest absolute Gasteiger partial charge is 0.425 e. The van der Waals surface area contributed by atoms with Crippen molar-refractivity contribution >= 4 is 39.1 Å². The van der Waals surface area contributed by atoms with Crippen LogP contribution in [0.25, 0.3) is 5.82 Å². The predicted molar refractivity (Wildman–Crippen MR) is 111 cm³/mol. The van der Waals surface area contributed by atoms with E-state index in [0.29, 0.717) is 21.5 Å². The molecule has 0 saturated carbocycles. The highest BCUT2D eigenvalue weighted by Crippen LogP contribution is 2.30. The van der Waals surface area contributed by atoms with Crippen LogP contribution in [0.4, 0.5) is 23.2 Å². The number of amides is 1. The summed E-state index contributed by atoms with van der Waals surface area (Å²) in [6, 6.07) is 0.583. The van der Waals surface area contributed by atoms with Crippen LogP contribution in [0.1, 0.15) is 30.0 Å². The number of nitrogens with zero attached hydrogens (tertiary/aromatic N) is 5. The van der Waals surface area contributed by atoms with E-state index >= 15 is 0 Å². The van der Waals surface area contributed by atoms with Crippen LogP contribution in [0.2, 0.25) is 0 Å². The summed E-state index contributed by atoms with van der Waals surface area (Å²) >= 11 is 4.13. The van der Waals surface area contributed by atoms with Crippen molar-refractivity contribution in [2.75, 3.05) is 5.32 Å². The second-order valence-corrected chi connectivity index (χ2v) is 8.55. The van der Waals surface area contributed by atoms with Crippen LogP contribution >= 0.6 is 27.5 Å². The third-order valence-electron chi connectivity index (χ3n) is 4.29. The van der Waals surface area contributed by atoms with E-state index in [1.165, 1.54) is 6.20 Å². The molecule has 0 aliphatic carbocycles. The van der Waals surface area contributed by atoms with Gasteiger partial charge in [0.15, 0.2) is 23.6 Å². The number of carbonyl (C=O) groups is 1. The number of alkyl halides is 3. The molecular weight excluding hydrogens is 540 g/mol. The molecule has 0 saturated heterocycles. The molecule has 3 heterocycles. The summed E-state index contributed by atoms with van der Waals surface area (Å²) in [5.41, 5.74) is -1.36. The van der Waals surface area contributed by atoms with E-state index in [4.69, 9.17) is 4.74 Å². The van der Waals surface area contributed by atoms with Gasteiger partial charge in [0.25, 0.3) is 5.91 Å². The number of aliphatic hydroxyl groups is 1. The molecule has 0 aliphatic rings. The van der Waals surface area contributed by atoms with Crippen molar-refractivity contribution < 1.29 is 32.2 Å². The van der Waals surface area contributed by atoms with Gasteiger partial charge in [-0.1, -0.05) is 0 Å². The Morgan fingerprint density at radius 3 is 2.64 bits per heavy atom. The molecule has 1 atom stereocenters. The van der Waals surface area contributed by atoms with Crippen LogP contribution in [-0.4, -0.2) is 47.0 Å². The molecule has 0 bridgehead atoms. The van der Waals surface area contributed by atoms with Crippen molar-refractivity contribution in [3.63, 3.8) is 0 Å². The predicted octanol–water partition coefficient (Wildman–Crippen LogP) is 2.88. The zero-order valence-corrected chi connectivity index (χ0v) is 19.3. The van der Waals surface area contributed by atoms with Gasteiger partial charge in [-0.3, -0.25) is 9.36 Å². The minimum absolute atomic E-state index is 0.0782. The Bertz CT molecular complexity index is 1240. The molecule has 0 aliphatic heterocycles. The summed E-state index contributed by atoms with van der Waals surface area (Å²) < 4.78 is 64.8. The molecule has 3 rings (SSSR count). The van der Waals surface area contributed by atoms with Crippen LogP contribution in [0.3, 0.4) is 0 Å². The van der Waals surface area contributed by atoms with Crippen molar-refractivity contribution in [3.8, 4) is 11.7 Å². The van der Waals surface area contributed by atoms with Gasteiger partial charge in [-0.2, -0.15) is 27.2 Å². The Balaban J connectivity index is 2.14. The molecule has 0 spiro atoms. The summed E-state index contributed by atoms with van der Waals surface area (Å²) in [4.78, 5) is 28.9. The highest BCUT2D eigenvalue weighted by Gasteiger charge is 2.39. The second kappa shape index (κ2) is 9.56. The molecule has 10 nitrogen and oxygen atoms in total. The molecule has 178 valence electrons. The average Bonchev–Trinajstić information content (AvgIpc) is 3.30. The van der Waals surface area contributed by atoms with Crippen molar-refractivity contribution in [3.05, 3.63) is 43.7 Å². The van der Waals surface area contributed by atoms with Gasteiger partial charge in [-0.05, 0) is 47.4 Å². The lowest BCUT2D eigenvalue weighted by Crippen LogP contribution is -2.33. The number of ether oxygens (including phenoxy) is 1. The van der Waals surface area contributed by atoms with Crippen LogP contribution in [0.15, 0.2) is 20.8 Å². The van der Waals surface area contributed by atoms with Crippen LogP contribution in [-0.2, 0) is 13.2 Å². The molecule has 0 aromatic carbocycles. The summed E-state index contributed by atoms with van der Waals surface area (Å²) in [7, 11) is 0.